The molecule has 4 nitrogen and oxygen atoms in total. The molecule has 0 spiro atoms. The first-order chi connectivity index (χ1) is 7.97. The molecule has 4 heteroatoms. The fourth-order valence-corrected chi connectivity index (χ4v) is 1.15. The Bertz CT molecular complexity index is 380. The lowest BCUT2D eigenvalue weighted by Crippen LogP contribution is -2.29. The first-order valence-corrected chi connectivity index (χ1v) is 5.50. The third-order valence-corrected chi connectivity index (χ3v) is 1.75. The van der Waals surface area contributed by atoms with E-state index in [0.29, 0.717) is 0 Å². The number of nitrogens with zero attached hydrogens (tertiary/aromatic N) is 1. The van der Waals surface area contributed by atoms with Gasteiger partial charge in [-0.1, -0.05) is 30.3 Å². The molecule has 92 valence electrons. The highest BCUT2D eigenvalue weighted by atomic mass is 16.6. The molecule has 1 N–H and O–H groups in total. The van der Waals surface area contributed by atoms with E-state index in [-0.39, 0.29) is 12.5 Å². The standard InChI is InChI=1S/C13H18N2O2/c1-13(2,3)17-12(16)10-15-14-9-11-7-5-4-6-8-11/h4-9,15H,10H2,1-3H3/b14-9+. The molecule has 0 saturated carbocycles. The largest absolute Gasteiger partial charge is 0.459 e. The second-order valence-electron chi connectivity index (χ2n) is 4.59. The predicted octanol–water partition coefficient (Wildman–Crippen LogP) is 1.95. The third kappa shape index (κ3) is 6.35. The maximum Gasteiger partial charge on any atom is 0.327 e. The summed E-state index contributed by atoms with van der Waals surface area (Å²) in [4.78, 5) is 11.3. The summed E-state index contributed by atoms with van der Waals surface area (Å²) in [6.07, 6.45) is 1.66. The van der Waals surface area contributed by atoms with Crippen molar-refractivity contribution in [3.63, 3.8) is 0 Å². The highest BCUT2D eigenvalue weighted by Crippen LogP contribution is 2.06. The minimum atomic E-state index is -0.456. The average molecular weight is 234 g/mol. The molecule has 0 atom stereocenters. The van der Waals surface area contributed by atoms with Crippen LogP contribution in [0.3, 0.4) is 0 Å². The highest BCUT2D eigenvalue weighted by molar-refractivity contribution is 5.79. The van der Waals surface area contributed by atoms with Crippen molar-refractivity contribution in [2.45, 2.75) is 26.4 Å². The summed E-state index contributed by atoms with van der Waals surface area (Å²) >= 11 is 0. The number of esters is 1. The summed E-state index contributed by atoms with van der Waals surface area (Å²) in [5.41, 5.74) is 3.17. The number of hydrazone groups is 1. The van der Waals surface area contributed by atoms with Crippen LogP contribution >= 0.6 is 0 Å². The van der Waals surface area contributed by atoms with Crippen LogP contribution in [0.5, 0.6) is 0 Å². The molecule has 0 saturated heterocycles. The van der Waals surface area contributed by atoms with Crippen LogP contribution in [0.4, 0.5) is 0 Å². The van der Waals surface area contributed by atoms with Crippen molar-refractivity contribution in [3.05, 3.63) is 35.9 Å². The average Bonchev–Trinajstić information content (AvgIpc) is 2.23. The van der Waals surface area contributed by atoms with Gasteiger partial charge in [-0.2, -0.15) is 5.10 Å². The van der Waals surface area contributed by atoms with Gasteiger partial charge in [0.15, 0.2) is 0 Å². The van der Waals surface area contributed by atoms with Gasteiger partial charge in [0.05, 0.1) is 6.21 Å². The summed E-state index contributed by atoms with van der Waals surface area (Å²) in [5.74, 6) is -0.317. The summed E-state index contributed by atoms with van der Waals surface area (Å²) in [6.45, 7) is 5.56. The number of hydrogen-bond acceptors (Lipinski definition) is 4. The van der Waals surface area contributed by atoms with Crippen LogP contribution in [0.2, 0.25) is 0 Å². The normalized spacial score (nSPS) is 11.5. The summed E-state index contributed by atoms with van der Waals surface area (Å²) in [7, 11) is 0. The van der Waals surface area contributed by atoms with Crippen LogP contribution in [0.1, 0.15) is 26.3 Å². The van der Waals surface area contributed by atoms with E-state index in [0.717, 1.165) is 5.56 Å². The second kappa shape index (κ2) is 6.03. The van der Waals surface area contributed by atoms with Crippen molar-refractivity contribution in [3.8, 4) is 0 Å². The lowest BCUT2D eigenvalue weighted by atomic mass is 10.2. The number of hydrogen-bond donors (Lipinski definition) is 1. The Morgan fingerprint density at radius 3 is 2.59 bits per heavy atom. The number of nitrogens with one attached hydrogen (secondary N) is 1. The topological polar surface area (TPSA) is 50.7 Å². The van der Waals surface area contributed by atoms with Gasteiger partial charge in [-0.15, -0.1) is 0 Å². The van der Waals surface area contributed by atoms with Crippen molar-refractivity contribution >= 4 is 12.2 Å². The zero-order valence-corrected chi connectivity index (χ0v) is 10.4. The van der Waals surface area contributed by atoms with Crippen LogP contribution in [-0.4, -0.2) is 24.3 Å². The van der Waals surface area contributed by atoms with Gasteiger partial charge in [-0.25, -0.2) is 0 Å². The van der Waals surface area contributed by atoms with Crippen LogP contribution in [0.15, 0.2) is 35.4 Å². The molecule has 1 aromatic rings. The monoisotopic (exact) mass is 234 g/mol. The number of ether oxygens (including phenoxy) is 1. The lowest BCUT2D eigenvalue weighted by Gasteiger charge is -2.19. The number of rotatable bonds is 4. The van der Waals surface area contributed by atoms with Gasteiger partial charge in [0.25, 0.3) is 0 Å². The molecule has 0 unspecified atom stereocenters. The van der Waals surface area contributed by atoms with E-state index in [2.05, 4.69) is 10.5 Å². The Morgan fingerprint density at radius 1 is 1.35 bits per heavy atom. The maximum atomic E-state index is 11.3. The molecule has 0 aliphatic carbocycles. The smallest absolute Gasteiger partial charge is 0.327 e. The molecular weight excluding hydrogens is 216 g/mol. The van der Waals surface area contributed by atoms with E-state index in [1.54, 1.807) is 6.21 Å². The highest BCUT2D eigenvalue weighted by Gasteiger charge is 2.15. The zero-order chi connectivity index (χ0) is 12.7. The van der Waals surface area contributed by atoms with Crippen molar-refractivity contribution in [2.75, 3.05) is 6.54 Å². The second-order valence-corrected chi connectivity index (χ2v) is 4.59. The minimum absolute atomic E-state index is 0.0700. The van der Waals surface area contributed by atoms with Gasteiger partial charge in [0.2, 0.25) is 0 Å². The summed E-state index contributed by atoms with van der Waals surface area (Å²) in [6, 6.07) is 9.65. The Labute approximate surface area is 102 Å². The molecule has 0 aliphatic heterocycles. The van der Waals surface area contributed by atoms with Crippen molar-refractivity contribution in [1.82, 2.24) is 5.43 Å². The van der Waals surface area contributed by atoms with E-state index in [1.807, 2.05) is 51.1 Å². The van der Waals surface area contributed by atoms with Crippen LogP contribution < -0.4 is 5.43 Å². The van der Waals surface area contributed by atoms with Crippen molar-refractivity contribution < 1.29 is 9.53 Å². The van der Waals surface area contributed by atoms with Crippen LogP contribution in [-0.2, 0) is 9.53 Å². The van der Waals surface area contributed by atoms with Gasteiger partial charge in [-0.05, 0) is 26.3 Å². The Morgan fingerprint density at radius 2 is 2.00 bits per heavy atom. The minimum Gasteiger partial charge on any atom is -0.459 e. The fourth-order valence-electron chi connectivity index (χ4n) is 1.15. The Balaban J connectivity index is 2.29. The number of benzene rings is 1. The van der Waals surface area contributed by atoms with E-state index >= 15 is 0 Å². The van der Waals surface area contributed by atoms with Gasteiger partial charge < -0.3 is 4.74 Å². The maximum absolute atomic E-state index is 11.3. The molecule has 0 radical (unpaired) electrons. The number of carbonyl (C=O) groups excluding carboxylic acids is 1. The van der Waals surface area contributed by atoms with E-state index in [4.69, 9.17) is 4.74 Å². The Kier molecular flexibility index (Phi) is 4.69. The fraction of sp³-hybridized carbons (Fsp3) is 0.385. The molecule has 1 aromatic carbocycles. The predicted molar refractivity (Wildman–Crippen MR) is 67.9 cm³/mol. The molecule has 0 bridgehead atoms. The van der Waals surface area contributed by atoms with Gasteiger partial charge in [-0.3, -0.25) is 10.2 Å². The number of carbonyl (C=O) groups is 1. The summed E-state index contributed by atoms with van der Waals surface area (Å²) in [5, 5.41) is 3.94. The van der Waals surface area contributed by atoms with Crippen LogP contribution in [0, 0.1) is 0 Å². The third-order valence-electron chi connectivity index (χ3n) is 1.75. The first-order valence-electron chi connectivity index (χ1n) is 5.50. The van der Waals surface area contributed by atoms with Crippen molar-refractivity contribution in [1.29, 1.82) is 0 Å². The molecule has 0 aliphatic rings. The first kappa shape index (κ1) is 13.2. The molecule has 17 heavy (non-hydrogen) atoms. The van der Waals surface area contributed by atoms with Crippen LogP contribution in [0.25, 0.3) is 0 Å². The molecular formula is C13H18N2O2. The van der Waals surface area contributed by atoms with Gasteiger partial charge in [0, 0.05) is 0 Å². The Hall–Kier alpha value is -1.84. The SMILES string of the molecule is CC(C)(C)OC(=O)CN/N=C/c1ccccc1. The molecule has 0 amide bonds. The quantitative estimate of drug-likeness (QED) is 0.492. The van der Waals surface area contributed by atoms with Gasteiger partial charge in [0.1, 0.15) is 12.1 Å². The molecule has 0 fully saturated rings. The van der Waals surface area contributed by atoms with E-state index in [1.165, 1.54) is 0 Å². The van der Waals surface area contributed by atoms with E-state index < -0.39 is 5.60 Å². The van der Waals surface area contributed by atoms with Crippen molar-refractivity contribution in [2.24, 2.45) is 5.10 Å². The lowest BCUT2D eigenvalue weighted by molar-refractivity contribution is -0.153. The molecule has 1 rings (SSSR count). The molecule has 0 heterocycles. The molecule has 0 aromatic heterocycles. The van der Waals surface area contributed by atoms with Gasteiger partial charge >= 0.3 is 5.97 Å². The zero-order valence-electron chi connectivity index (χ0n) is 10.4. The summed E-state index contributed by atoms with van der Waals surface area (Å²) < 4.78 is 5.11. The van der Waals surface area contributed by atoms with E-state index in [9.17, 15) is 4.79 Å².